The summed E-state index contributed by atoms with van der Waals surface area (Å²) in [6.45, 7) is 9.69. The maximum atomic E-state index is 12.7. The predicted octanol–water partition coefficient (Wildman–Crippen LogP) is 3.75. The number of para-hydroxylation sites is 1. The third-order valence-electron chi connectivity index (χ3n) is 5.46. The molecule has 1 aromatic carbocycles. The Bertz CT molecular complexity index is 967. The first-order valence-electron chi connectivity index (χ1n) is 10.6. The lowest BCUT2D eigenvalue weighted by atomic mass is 9.93. The summed E-state index contributed by atoms with van der Waals surface area (Å²) in [6.07, 6.45) is 1.97. The predicted molar refractivity (Wildman–Crippen MR) is 122 cm³/mol. The summed E-state index contributed by atoms with van der Waals surface area (Å²) in [5.74, 6) is 0.302. The van der Waals surface area contributed by atoms with Crippen molar-refractivity contribution in [2.24, 2.45) is 7.05 Å². The zero-order valence-corrected chi connectivity index (χ0v) is 19.6. The van der Waals surface area contributed by atoms with Crippen LogP contribution in [0.15, 0.2) is 29.3 Å². The van der Waals surface area contributed by atoms with E-state index in [2.05, 4.69) is 42.8 Å². The van der Waals surface area contributed by atoms with Gasteiger partial charge >= 0.3 is 6.03 Å². The molecule has 2 N–H and O–H groups in total. The number of urea groups is 1. The molecule has 0 aliphatic carbocycles. The van der Waals surface area contributed by atoms with Crippen molar-refractivity contribution in [3.63, 3.8) is 0 Å². The van der Waals surface area contributed by atoms with Crippen molar-refractivity contribution < 1.29 is 13.8 Å². The molecule has 31 heavy (non-hydrogen) atoms. The van der Waals surface area contributed by atoms with Crippen molar-refractivity contribution in [2.75, 3.05) is 18.4 Å². The minimum atomic E-state index is -1.89. The molecule has 168 valence electrons. The second-order valence-electron chi connectivity index (χ2n) is 8.44. The zero-order chi connectivity index (χ0) is 22.7. The molecule has 0 spiro atoms. The van der Waals surface area contributed by atoms with Crippen LogP contribution in [0.4, 0.5) is 10.5 Å². The van der Waals surface area contributed by atoms with Crippen LogP contribution in [0.2, 0.25) is 0 Å². The second kappa shape index (κ2) is 9.64. The van der Waals surface area contributed by atoms with E-state index in [0.29, 0.717) is 5.69 Å². The van der Waals surface area contributed by atoms with E-state index in [9.17, 15) is 13.8 Å². The van der Waals surface area contributed by atoms with Crippen LogP contribution in [-0.4, -0.2) is 43.9 Å². The molecule has 1 fully saturated rings. The number of hydrogen-bond acceptors (Lipinski definition) is 4. The van der Waals surface area contributed by atoms with E-state index in [1.165, 1.54) is 10.7 Å². The van der Waals surface area contributed by atoms with Crippen molar-refractivity contribution in [1.82, 2.24) is 19.4 Å². The SMILES string of the molecule is CC(C)c1cccc(C(C)C)c1NC(=O)NS(=O)c1cc(C(=O)N2CCCC2)n(C)n1. The number of nitrogens with zero attached hydrogens (tertiary/aromatic N) is 3. The van der Waals surface area contributed by atoms with Gasteiger partial charge in [0.25, 0.3) is 5.91 Å². The van der Waals surface area contributed by atoms with E-state index in [0.717, 1.165) is 42.7 Å². The van der Waals surface area contributed by atoms with Gasteiger partial charge in [0.15, 0.2) is 16.0 Å². The third-order valence-corrected chi connectivity index (χ3v) is 6.41. The maximum absolute atomic E-state index is 12.7. The van der Waals surface area contributed by atoms with Gasteiger partial charge in [-0.1, -0.05) is 45.9 Å². The normalized spacial score (nSPS) is 14.9. The number of anilines is 1. The van der Waals surface area contributed by atoms with E-state index < -0.39 is 17.0 Å². The van der Waals surface area contributed by atoms with Gasteiger partial charge in [-0.05, 0) is 35.8 Å². The van der Waals surface area contributed by atoms with E-state index >= 15 is 0 Å². The lowest BCUT2D eigenvalue weighted by Crippen LogP contribution is -2.31. The first-order chi connectivity index (χ1) is 14.7. The summed E-state index contributed by atoms with van der Waals surface area (Å²) in [5.41, 5.74) is 3.14. The van der Waals surface area contributed by atoms with Crippen LogP contribution in [0.25, 0.3) is 0 Å². The van der Waals surface area contributed by atoms with Crippen LogP contribution in [0, 0.1) is 0 Å². The van der Waals surface area contributed by atoms with Gasteiger partial charge in [0.1, 0.15) is 5.69 Å². The fraction of sp³-hybridized carbons (Fsp3) is 0.500. The number of benzene rings is 1. The molecule has 1 aliphatic heterocycles. The van der Waals surface area contributed by atoms with Crippen molar-refractivity contribution in [1.29, 1.82) is 0 Å². The molecule has 1 aromatic heterocycles. The molecule has 2 heterocycles. The number of nitrogens with one attached hydrogen (secondary N) is 2. The number of aromatic nitrogens is 2. The molecule has 1 unspecified atom stereocenters. The number of rotatable bonds is 6. The molecule has 1 saturated heterocycles. The standard InChI is InChI=1S/C22H31N5O3S/c1-14(2)16-9-8-10-17(15(3)4)20(16)23-22(29)25-31(30)19-13-18(26(5)24-19)21(28)27-11-6-7-12-27/h8-10,13-15H,6-7,11-12H2,1-5H3,(H2,23,25,29). The van der Waals surface area contributed by atoms with Crippen LogP contribution < -0.4 is 10.0 Å². The van der Waals surface area contributed by atoms with Gasteiger partial charge < -0.3 is 10.2 Å². The number of amides is 3. The Labute approximate surface area is 186 Å². The summed E-state index contributed by atoms with van der Waals surface area (Å²) in [4.78, 5) is 27.1. The Kier molecular flexibility index (Phi) is 7.15. The van der Waals surface area contributed by atoms with E-state index in [-0.39, 0.29) is 22.8 Å². The summed E-state index contributed by atoms with van der Waals surface area (Å²) in [7, 11) is -0.257. The van der Waals surface area contributed by atoms with Gasteiger partial charge in [-0.3, -0.25) is 14.2 Å². The van der Waals surface area contributed by atoms with Crippen LogP contribution in [0.3, 0.4) is 0 Å². The Morgan fingerprint density at radius 2 is 1.65 bits per heavy atom. The quantitative estimate of drug-likeness (QED) is 0.708. The summed E-state index contributed by atoms with van der Waals surface area (Å²) >= 11 is 0. The first kappa shape index (κ1) is 23.0. The Morgan fingerprint density at radius 3 is 2.19 bits per heavy atom. The number of aryl methyl sites for hydroxylation is 1. The van der Waals surface area contributed by atoms with Crippen molar-refractivity contribution in [3.05, 3.63) is 41.1 Å². The minimum absolute atomic E-state index is 0.132. The van der Waals surface area contributed by atoms with Gasteiger partial charge in [-0.2, -0.15) is 5.10 Å². The largest absolute Gasteiger partial charge is 0.337 e. The smallest absolute Gasteiger partial charge is 0.331 e. The van der Waals surface area contributed by atoms with Gasteiger partial charge in [-0.15, -0.1) is 0 Å². The van der Waals surface area contributed by atoms with Crippen molar-refractivity contribution in [2.45, 2.75) is 57.4 Å². The fourth-order valence-corrected chi connectivity index (χ4v) is 4.52. The lowest BCUT2D eigenvalue weighted by molar-refractivity contribution is 0.0782. The zero-order valence-electron chi connectivity index (χ0n) is 18.8. The van der Waals surface area contributed by atoms with Gasteiger partial charge in [-0.25, -0.2) is 9.00 Å². The Morgan fingerprint density at radius 1 is 1.06 bits per heavy atom. The second-order valence-corrected chi connectivity index (χ2v) is 9.60. The highest BCUT2D eigenvalue weighted by Gasteiger charge is 2.25. The van der Waals surface area contributed by atoms with Gasteiger partial charge in [0, 0.05) is 31.9 Å². The molecule has 8 nitrogen and oxygen atoms in total. The average molecular weight is 446 g/mol. The summed E-state index contributed by atoms with van der Waals surface area (Å²) in [5, 5.41) is 7.20. The first-order valence-corrected chi connectivity index (χ1v) is 11.8. The highest BCUT2D eigenvalue weighted by atomic mass is 32.2. The Balaban J connectivity index is 1.74. The maximum Gasteiger partial charge on any atom is 0.331 e. The molecule has 2 aromatic rings. The topological polar surface area (TPSA) is 96.3 Å². The monoisotopic (exact) mass is 445 g/mol. The molecular weight excluding hydrogens is 414 g/mol. The molecule has 1 aliphatic rings. The van der Waals surface area contributed by atoms with E-state index in [1.54, 1.807) is 11.9 Å². The molecule has 0 bridgehead atoms. The van der Waals surface area contributed by atoms with Crippen molar-refractivity contribution in [3.8, 4) is 0 Å². The lowest BCUT2D eigenvalue weighted by Gasteiger charge is -2.20. The Hall–Kier alpha value is -2.68. The van der Waals surface area contributed by atoms with Gasteiger partial charge in [0.2, 0.25) is 0 Å². The van der Waals surface area contributed by atoms with Crippen LogP contribution in [0.1, 0.15) is 74.0 Å². The number of carbonyl (C=O) groups is 2. The van der Waals surface area contributed by atoms with E-state index in [4.69, 9.17) is 0 Å². The van der Waals surface area contributed by atoms with Gasteiger partial charge in [0.05, 0.1) is 0 Å². The fourth-order valence-electron chi connectivity index (χ4n) is 3.78. The summed E-state index contributed by atoms with van der Waals surface area (Å²) in [6, 6.07) is 6.86. The minimum Gasteiger partial charge on any atom is -0.337 e. The number of hydrogen-bond donors (Lipinski definition) is 2. The highest BCUT2D eigenvalue weighted by molar-refractivity contribution is 7.83. The molecule has 1 atom stereocenters. The highest BCUT2D eigenvalue weighted by Crippen LogP contribution is 2.32. The molecule has 9 heteroatoms. The average Bonchev–Trinajstić information content (AvgIpc) is 3.37. The molecular formula is C22H31N5O3S. The van der Waals surface area contributed by atoms with Crippen LogP contribution in [-0.2, 0) is 18.0 Å². The van der Waals surface area contributed by atoms with Crippen molar-refractivity contribution >= 4 is 28.6 Å². The molecule has 3 amide bonds. The molecule has 3 rings (SSSR count). The van der Waals surface area contributed by atoms with Crippen LogP contribution >= 0.6 is 0 Å². The molecule has 0 saturated carbocycles. The number of likely N-dealkylation sites (tertiary alicyclic amines) is 1. The van der Waals surface area contributed by atoms with Crippen LogP contribution in [0.5, 0.6) is 0 Å². The summed E-state index contributed by atoms with van der Waals surface area (Å²) < 4.78 is 16.6. The van der Waals surface area contributed by atoms with E-state index in [1.807, 2.05) is 18.2 Å². The molecule has 0 radical (unpaired) electrons. The number of carbonyl (C=O) groups excluding carboxylic acids is 2. The third kappa shape index (κ3) is 5.15.